The van der Waals surface area contributed by atoms with Gasteiger partial charge in [-0.25, -0.2) is 4.39 Å². The van der Waals surface area contributed by atoms with Gasteiger partial charge in [0.05, 0.1) is 10.9 Å². The van der Waals surface area contributed by atoms with Gasteiger partial charge in [0.2, 0.25) is 5.52 Å². The number of nitrogens with zero attached hydrogens (tertiary/aromatic N) is 1. The van der Waals surface area contributed by atoms with Crippen LogP contribution < -0.4 is 27.0 Å². The van der Waals surface area contributed by atoms with Crippen LogP contribution in [0.2, 0.25) is 5.02 Å². The highest BCUT2D eigenvalue weighted by Crippen LogP contribution is 2.23. The third-order valence-corrected chi connectivity index (χ3v) is 6.42. The highest BCUT2D eigenvalue weighted by atomic mass is 79.9. The van der Waals surface area contributed by atoms with E-state index in [1.165, 1.54) is 18.4 Å². The molecule has 0 fully saturated rings. The molecule has 0 saturated carbocycles. The maximum absolute atomic E-state index is 13.3. The Bertz CT molecular complexity index is 1510. The Balaban J connectivity index is 0.00000245. The first kappa shape index (κ1) is 22.4. The van der Waals surface area contributed by atoms with E-state index in [1.807, 2.05) is 18.2 Å². The average molecular weight is 529 g/mol. The van der Waals surface area contributed by atoms with Gasteiger partial charge in [0, 0.05) is 22.7 Å². The maximum atomic E-state index is 13.3. The zero-order valence-corrected chi connectivity index (χ0v) is 19.8. The van der Waals surface area contributed by atoms with Crippen molar-refractivity contribution >= 4 is 56.3 Å². The van der Waals surface area contributed by atoms with Gasteiger partial charge in [-0.05, 0) is 54.6 Å². The SMILES string of the molecule is O=c1c(/C=C/c2sc3ccccc3[n+]2Cc2ccc(F)cc2)coc2ccc(Cl)cc12.[Br-]. The van der Waals surface area contributed by atoms with Crippen LogP contribution in [0.3, 0.4) is 0 Å². The summed E-state index contributed by atoms with van der Waals surface area (Å²) in [5.41, 5.74) is 2.88. The molecule has 2 aromatic heterocycles. The quantitative estimate of drug-likeness (QED) is 0.336. The van der Waals surface area contributed by atoms with Gasteiger partial charge in [0.25, 0.3) is 5.01 Å². The van der Waals surface area contributed by atoms with E-state index in [0.29, 0.717) is 28.1 Å². The molecule has 160 valence electrons. The molecule has 3 nitrogen and oxygen atoms in total. The van der Waals surface area contributed by atoms with Crippen LogP contribution in [0.15, 0.2) is 82.2 Å². The second-order valence-electron chi connectivity index (χ2n) is 7.11. The van der Waals surface area contributed by atoms with Gasteiger partial charge in [0.1, 0.15) is 22.4 Å². The molecule has 0 aliphatic rings. The van der Waals surface area contributed by atoms with Crippen LogP contribution in [0, 0.1) is 5.82 Å². The number of hydrogen-bond donors (Lipinski definition) is 0. The molecule has 0 radical (unpaired) electrons. The molecular weight excluding hydrogens is 513 g/mol. The number of benzene rings is 3. The van der Waals surface area contributed by atoms with Crippen molar-refractivity contribution < 1.29 is 30.4 Å². The van der Waals surface area contributed by atoms with E-state index in [1.54, 1.807) is 47.7 Å². The highest BCUT2D eigenvalue weighted by molar-refractivity contribution is 7.18. The van der Waals surface area contributed by atoms with Crippen LogP contribution in [0.5, 0.6) is 0 Å². The third-order valence-electron chi connectivity index (χ3n) is 5.06. The predicted molar refractivity (Wildman–Crippen MR) is 124 cm³/mol. The first-order valence-corrected chi connectivity index (χ1v) is 10.8. The molecule has 0 amide bonds. The summed E-state index contributed by atoms with van der Waals surface area (Å²) in [5.74, 6) is -0.257. The summed E-state index contributed by atoms with van der Waals surface area (Å²) in [7, 11) is 0. The first-order chi connectivity index (χ1) is 15.1. The van der Waals surface area contributed by atoms with Gasteiger partial charge in [-0.3, -0.25) is 4.79 Å². The molecule has 2 heterocycles. The number of hydrogen-bond acceptors (Lipinski definition) is 3. The molecule has 32 heavy (non-hydrogen) atoms. The largest absolute Gasteiger partial charge is 1.00 e. The van der Waals surface area contributed by atoms with Crippen LogP contribution in [0.25, 0.3) is 33.3 Å². The van der Waals surface area contributed by atoms with Crippen molar-refractivity contribution in [2.45, 2.75) is 6.54 Å². The topological polar surface area (TPSA) is 34.1 Å². The Morgan fingerprint density at radius 3 is 2.62 bits per heavy atom. The van der Waals surface area contributed by atoms with Gasteiger partial charge in [0.15, 0.2) is 12.0 Å². The lowest BCUT2D eigenvalue weighted by molar-refractivity contribution is -0.659. The van der Waals surface area contributed by atoms with Gasteiger partial charge in [-0.1, -0.05) is 35.1 Å². The van der Waals surface area contributed by atoms with E-state index in [4.69, 9.17) is 16.0 Å². The van der Waals surface area contributed by atoms with E-state index in [2.05, 4.69) is 16.7 Å². The van der Waals surface area contributed by atoms with Crippen LogP contribution in [0.1, 0.15) is 16.1 Å². The summed E-state index contributed by atoms with van der Waals surface area (Å²) < 4.78 is 22.2. The molecule has 0 aliphatic carbocycles. The van der Waals surface area contributed by atoms with Gasteiger partial charge >= 0.3 is 0 Å². The number of rotatable bonds is 4. The number of thiazole rings is 1. The summed E-state index contributed by atoms with van der Waals surface area (Å²) in [6.07, 6.45) is 5.14. The monoisotopic (exact) mass is 527 g/mol. The van der Waals surface area contributed by atoms with Crippen molar-refractivity contribution in [3.05, 3.63) is 110 Å². The van der Waals surface area contributed by atoms with E-state index < -0.39 is 0 Å². The second-order valence-corrected chi connectivity index (χ2v) is 8.61. The minimum absolute atomic E-state index is 0. The Labute approximate surface area is 202 Å². The Morgan fingerprint density at radius 2 is 1.81 bits per heavy atom. The van der Waals surface area contributed by atoms with Crippen LogP contribution in [-0.4, -0.2) is 0 Å². The molecular formula is C25H16BrClFNO2S. The zero-order chi connectivity index (χ0) is 21.4. The van der Waals surface area contributed by atoms with Crippen molar-refractivity contribution in [2.24, 2.45) is 0 Å². The zero-order valence-electron chi connectivity index (χ0n) is 16.6. The molecule has 5 aromatic rings. The molecule has 0 atom stereocenters. The Morgan fingerprint density at radius 1 is 1.03 bits per heavy atom. The summed E-state index contributed by atoms with van der Waals surface area (Å²) in [5, 5.41) is 1.91. The summed E-state index contributed by atoms with van der Waals surface area (Å²) in [6, 6.07) is 19.6. The summed E-state index contributed by atoms with van der Waals surface area (Å²) >= 11 is 7.67. The van der Waals surface area contributed by atoms with Crippen LogP contribution in [-0.2, 0) is 6.54 Å². The number of fused-ring (bicyclic) bond motifs is 2. The Kier molecular flexibility index (Phi) is 6.55. The van der Waals surface area contributed by atoms with E-state index >= 15 is 0 Å². The number of aromatic nitrogens is 1. The highest BCUT2D eigenvalue weighted by Gasteiger charge is 2.19. The van der Waals surface area contributed by atoms with Crippen molar-refractivity contribution in [3.63, 3.8) is 0 Å². The fourth-order valence-corrected chi connectivity index (χ4v) is 4.74. The van der Waals surface area contributed by atoms with Crippen molar-refractivity contribution in [1.29, 1.82) is 0 Å². The van der Waals surface area contributed by atoms with Gasteiger partial charge in [-0.2, -0.15) is 4.57 Å². The minimum Gasteiger partial charge on any atom is -1.00 e. The van der Waals surface area contributed by atoms with E-state index in [9.17, 15) is 9.18 Å². The smallest absolute Gasteiger partial charge is 0.263 e. The molecule has 3 aromatic carbocycles. The fourth-order valence-electron chi connectivity index (χ4n) is 3.51. The molecule has 0 saturated heterocycles. The van der Waals surface area contributed by atoms with Crippen LogP contribution in [0.4, 0.5) is 4.39 Å². The molecule has 0 aliphatic heterocycles. The molecule has 0 unspecified atom stereocenters. The van der Waals surface area contributed by atoms with Crippen molar-refractivity contribution in [3.8, 4) is 0 Å². The third kappa shape index (κ3) is 4.39. The molecule has 0 bridgehead atoms. The lowest BCUT2D eigenvalue weighted by atomic mass is 10.1. The van der Waals surface area contributed by atoms with Gasteiger partial charge in [-0.15, -0.1) is 0 Å². The molecule has 0 N–H and O–H groups in total. The Hall–Kier alpha value is -2.80. The normalized spacial score (nSPS) is 11.3. The average Bonchev–Trinajstić information content (AvgIpc) is 3.12. The minimum atomic E-state index is -0.257. The molecule has 7 heteroatoms. The lowest BCUT2D eigenvalue weighted by Crippen LogP contribution is -3.00. The molecule has 5 rings (SSSR count). The lowest BCUT2D eigenvalue weighted by Gasteiger charge is -2.00. The van der Waals surface area contributed by atoms with Crippen molar-refractivity contribution in [2.75, 3.05) is 0 Å². The summed E-state index contributed by atoms with van der Waals surface area (Å²) in [4.78, 5) is 12.9. The standard InChI is InChI=1S/C25H16ClFNO2S.BrH/c26-18-8-11-22-20(13-18)25(29)17(15-30-22)7-12-24-28(14-16-5-9-19(27)10-6-16)21-3-1-2-4-23(21)31-24;/h1-13,15H,14H2;1H/q+1;/p-1/b12-7+;. The summed E-state index contributed by atoms with van der Waals surface area (Å²) in [6.45, 7) is 0.589. The predicted octanol–water partition coefficient (Wildman–Crippen LogP) is 3.31. The first-order valence-electron chi connectivity index (χ1n) is 9.63. The second kappa shape index (κ2) is 9.36. The maximum Gasteiger partial charge on any atom is 0.263 e. The van der Waals surface area contributed by atoms with E-state index in [-0.39, 0.29) is 28.2 Å². The van der Waals surface area contributed by atoms with Crippen LogP contribution >= 0.6 is 22.9 Å². The van der Waals surface area contributed by atoms with E-state index in [0.717, 1.165) is 20.8 Å². The molecule has 0 spiro atoms. The number of para-hydroxylation sites is 1. The van der Waals surface area contributed by atoms with Crippen molar-refractivity contribution in [1.82, 2.24) is 0 Å². The van der Waals surface area contributed by atoms with Gasteiger partial charge < -0.3 is 21.4 Å². The fraction of sp³-hybridized carbons (Fsp3) is 0.0400. The number of halogens is 3.